The molecular weight excluding hydrogens is 260 g/mol. The molecule has 2 aliphatic rings. The first kappa shape index (κ1) is 13.0. The van der Waals surface area contributed by atoms with E-state index in [-0.39, 0.29) is 0 Å². The van der Waals surface area contributed by atoms with Gasteiger partial charge in [0.1, 0.15) is 0 Å². The van der Waals surface area contributed by atoms with Gasteiger partial charge in [0.25, 0.3) is 0 Å². The van der Waals surface area contributed by atoms with Crippen LogP contribution in [0.1, 0.15) is 11.3 Å². The van der Waals surface area contributed by atoms with E-state index >= 15 is 0 Å². The molecule has 4 rings (SSSR count). The van der Waals surface area contributed by atoms with Crippen molar-refractivity contribution in [2.45, 2.75) is 13.5 Å². The molecule has 0 radical (unpaired) electrons. The van der Waals surface area contributed by atoms with Crippen LogP contribution >= 0.6 is 0 Å². The molecule has 1 aromatic carbocycles. The highest BCUT2D eigenvalue weighted by molar-refractivity contribution is 5.40. The fourth-order valence-corrected chi connectivity index (χ4v) is 3.78. The van der Waals surface area contributed by atoms with Gasteiger partial charge < -0.3 is 5.32 Å². The summed E-state index contributed by atoms with van der Waals surface area (Å²) in [4.78, 5) is 2.59. The van der Waals surface area contributed by atoms with Crippen LogP contribution in [0.3, 0.4) is 0 Å². The number of nitrogens with one attached hydrogen (secondary N) is 1. The Morgan fingerprint density at radius 1 is 1.14 bits per heavy atom. The van der Waals surface area contributed by atoms with Crippen molar-refractivity contribution in [1.82, 2.24) is 20.0 Å². The Labute approximate surface area is 125 Å². The molecule has 4 nitrogen and oxygen atoms in total. The third-order valence-corrected chi connectivity index (χ3v) is 4.92. The summed E-state index contributed by atoms with van der Waals surface area (Å²) < 4.78 is 2.10. The molecule has 2 saturated heterocycles. The minimum atomic E-state index is 0.847. The van der Waals surface area contributed by atoms with Gasteiger partial charge in [0.2, 0.25) is 0 Å². The molecule has 1 N–H and O–H groups in total. The molecule has 0 aliphatic carbocycles. The number of aryl methyl sites for hydroxylation is 1. The average molecular weight is 282 g/mol. The summed E-state index contributed by atoms with van der Waals surface area (Å²) in [7, 11) is 0. The Morgan fingerprint density at radius 2 is 1.90 bits per heavy atom. The normalized spacial score (nSPS) is 25.4. The summed E-state index contributed by atoms with van der Waals surface area (Å²) in [5, 5.41) is 8.04. The first-order valence-electron chi connectivity index (χ1n) is 7.83. The summed E-state index contributed by atoms with van der Waals surface area (Å²) in [6.07, 6.45) is 1.92. The van der Waals surface area contributed by atoms with Gasteiger partial charge in [-0.25, -0.2) is 4.68 Å². The van der Waals surface area contributed by atoms with Crippen molar-refractivity contribution in [2.75, 3.05) is 26.2 Å². The lowest BCUT2D eigenvalue weighted by atomic mass is 10.0. The third-order valence-electron chi connectivity index (χ3n) is 4.92. The smallest absolute Gasteiger partial charge is 0.0678 e. The van der Waals surface area contributed by atoms with E-state index in [4.69, 9.17) is 0 Å². The van der Waals surface area contributed by atoms with Crippen LogP contribution in [0, 0.1) is 18.8 Å². The van der Waals surface area contributed by atoms with Crippen molar-refractivity contribution >= 4 is 0 Å². The predicted molar refractivity (Wildman–Crippen MR) is 83.4 cm³/mol. The van der Waals surface area contributed by atoms with Crippen LogP contribution in [0.25, 0.3) is 5.69 Å². The zero-order valence-electron chi connectivity index (χ0n) is 12.5. The number of nitrogens with zero attached hydrogens (tertiary/aromatic N) is 3. The molecule has 0 unspecified atom stereocenters. The summed E-state index contributed by atoms with van der Waals surface area (Å²) in [6.45, 7) is 7.97. The van der Waals surface area contributed by atoms with Crippen molar-refractivity contribution in [2.24, 2.45) is 11.8 Å². The summed E-state index contributed by atoms with van der Waals surface area (Å²) >= 11 is 0. The maximum atomic E-state index is 4.54. The Bertz CT molecular complexity index is 621. The maximum Gasteiger partial charge on any atom is 0.0678 e. The van der Waals surface area contributed by atoms with E-state index in [1.807, 2.05) is 6.20 Å². The number of hydrogen-bond donors (Lipinski definition) is 1. The molecule has 2 aromatic rings. The van der Waals surface area contributed by atoms with Gasteiger partial charge >= 0.3 is 0 Å². The molecule has 1 aromatic heterocycles. The maximum absolute atomic E-state index is 4.54. The van der Waals surface area contributed by atoms with Crippen molar-refractivity contribution in [3.63, 3.8) is 0 Å². The lowest BCUT2D eigenvalue weighted by molar-refractivity contribution is 0.299. The molecule has 3 heterocycles. The van der Waals surface area contributed by atoms with E-state index in [9.17, 15) is 0 Å². The first-order valence-corrected chi connectivity index (χ1v) is 7.83. The minimum absolute atomic E-state index is 0.847. The second kappa shape index (κ2) is 5.28. The number of fused-ring (bicyclic) bond motifs is 1. The third kappa shape index (κ3) is 2.39. The van der Waals surface area contributed by atoms with Gasteiger partial charge in [-0.3, -0.25) is 4.90 Å². The highest BCUT2D eigenvalue weighted by atomic mass is 15.3. The van der Waals surface area contributed by atoms with E-state index in [1.54, 1.807) is 0 Å². The number of para-hydroxylation sites is 1. The fraction of sp³-hybridized carbons (Fsp3) is 0.471. The first-order chi connectivity index (χ1) is 10.3. The number of aromatic nitrogens is 2. The van der Waals surface area contributed by atoms with Gasteiger partial charge in [-0.1, -0.05) is 18.2 Å². The molecule has 4 heteroatoms. The molecule has 2 fully saturated rings. The Kier molecular flexibility index (Phi) is 3.28. The van der Waals surface area contributed by atoms with Gasteiger partial charge in [0.15, 0.2) is 0 Å². The van der Waals surface area contributed by atoms with Crippen molar-refractivity contribution in [3.8, 4) is 5.69 Å². The zero-order valence-corrected chi connectivity index (χ0v) is 12.5. The Morgan fingerprint density at radius 3 is 2.67 bits per heavy atom. The fourth-order valence-electron chi connectivity index (χ4n) is 3.78. The van der Waals surface area contributed by atoms with E-state index in [1.165, 1.54) is 43.1 Å². The average Bonchev–Trinajstić information content (AvgIpc) is 3.15. The molecule has 2 atom stereocenters. The van der Waals surface area contributed by atoms with Crippen molar-refractivity contribution in [1.29, 1.82) is 0 Å². The lowest BCUT2D eigenvalue weighted by Gasteiger charge is -2.18. The van der Waals surface area contributed by atoms with Gasteiger partial charge in [-0.2, -0.15) is 5.10 Å². The SMILES string of the molecule is Cc1ccccc1-n1nccc1CN1C[C@H]2CNC[C@H]2C1. The van der Waals surface area contributed by atoms with Gasteiger partial charge in [0.05, 0.1) is 11.4 Å². The summed E-state index contributed by atoms with van der Waals surface area (Å²) in [5.41, 5.74) is 3.75. The van der Waals surface area contributed by atoms with Gasteiger partial charge in [-0.05, 0) is 49.5 Å². The van der Waals surface area contributed by atoms with Crippen LogP contribution < -0.4 is 5.32 Å². The summed E-state index contributed by atoms with van der Waals surface area (Å²) in [5.74, 6) is 1.69. The van der Waals surface area contributed by atoms with Crippen molar-refractivity contribution < 1.29 is 0 Å². The Hall–Kier alpha value is -1.65. The molecule has 0 spiro atoms. The molecule has 0 amide bonds. The van der Waals surface area contributed by atoms with E-state index < -0.39 is 0 Å². The largest absolute Gasteiger partial charge is 0.316 e. The van der Waals surface area contributed by atoms with E-state index in [2.05, 4.69) is 57.3 Å². The van der Waals surface area contributed by atoms with Crippen LogP contribution in [0.5, 0.6) is 0 Å². The number of benzene rings is 1. The van der Waals surface area contributed by atoms with E-state index in [0.717, 1.165) is 18.4 Å². The lowest BCUT2D eigenvalue weighted by Crippen LogP contribution is -2.26. The van der Waals surface area contributed by atoms with Crippen LogP contribution in [-0.2, 0) is 6.54 Å². The van der Waals surface area contributed by atoms with Crippen LogP contribution in [0.2, 0.25) is 0 Å². The molecule has 0 bridgehead atoms. The number of rotatable bonds is 3. The standard InChI is InChI=1S/C17H22N4/c1-13-4-2-3-5-17(13)21-16(6-7-19-21)12-20-10-14-8-18-9-15(14)11-20/h2-7,14-15,18H,8-12H2,1H3/t14-,15+. The Balaban J connectivity index is 1.55. The highest BCUT2D eigenvalue weighted by Gasteiger charge is 2.36. The second-order valence-corrected chi connectivity index (χ2v) is 6.39. The van der Waals surface area contributed by atoms with Gasteiger partial charge in [0, 0.05) is 25.8 Å². The molecule has 110 valence electrons. The summed E-state index contributed by atoms with van der Waals surface area (Å²) in [6, 6.07) is 10.6. The van der Waals surface area contributed by atoms with Crippen molar-refractivity contribution in [3.05, 3.63) is 47.8 Å². The topological polar surface area (TPSA) is 33.1 Å². The molecule has 0 saturated carbocycles. The van der Waals surface area contributed by atoms with Crippen LogP contribution in [0.4, 0.5) is 0 Å². The number of hydrogen-bond acceptors (Lipinski definition) is 3. The predicted octanol–water partition coefficient (Wildman–Crippen LogP) is 1.83. The second-order valence-electron chi connectivity index (χ2n) is 6.39. The number of likely N-dealkylation sites (tertiary alicyclic amines) is 1. The quantitative estimate of drug-likeness (QED) is 0.932. The highest BCUT2D eigenvalue weighted by Crippen LogP contribution is 2.27. The molecular formula is C17H22N4. The zero-order chi connectivity index (χ0) is 14.2. The minimum Gasteiger partial charge on any atom is -0.316 e. The molecule has 2 aliphatic heterocycles. The molecule has 21 heavy (non-hydrogen) atoms. The van der Waals surface area contributed by atoms with Crippen LogP contribution in [0.15, 0.2) is 36.5 Å². The van der Waals surface area contributed by atoms with E-state index in [0.29, 0.717) is 0 Å². The van der Waals surface area contributed by atoms with Gasteiger partial charge in [-0.15, -0.1) is 0 Å². The monoisotopic (exact) mass is 282 g/mol. The van der Waals surface area contributed by atoms with Crippen LogP contribution in [-0.4, -0.2) is 40.9 Å².